The minimum Gasteiger partial charge on any atom is -0.355 e. The van der Waals surface area contributed by atoms with E-state index in [0.29, 0.717) is 0 Å². The van der Waals surface area contributed by atoms with Gasteiger partial charge in [-0.2, -0.15) is 5.10 Å². The van der Waals surface area contributed by atoms with E-state index >= 15 is 0 Å². The maximum absolute atomic E-state index is 13.3. The molecule has 0 bridgehead atoms. The molecule has 1 unspecified atom stereocenters. The Labute approximate surface area is 225 Å². The second-order valence-electron chi connectivity index (χ2n) is 9.66. The molecule has 190 valence electrons. The van der Waals surface area contributed by atoms with Crippen molar-refractivity contribution in [2.24, 2.45) is 5.10 Å². The lowest BCUT2D eigenvalue weighted by Crippen LogP contribution is -2.32. The molecule has 0 saturated heterocycles. The molecule has 1 atom stereocenters. The summed E-state index contributed by atoms with van der Waals surface area (Å²) in [6.07, 6.45) is 1.78. The fourth-order valence-electron chi connectivity index (χ4n) is 4.88. The number of nitrogens with one attached hydrogen (secondary N) is 2. The predicted octanol–water partition coefficient (Wildman–Crippen LogP) is 7.04. The van der Waals surface area contributed by atoms with Gasteiger partial charge in [-0.15, -0.1) is 0 Å². The summed E-state index contributed by atoms with van der Waals surface area (Å²) in [5.41, 5.74) is 10.4. The van der Waals surface area contributed by atoms with Crippen LogP contribution in [0.4, 0.5) is 4.39 Å². The smallest absolute Gasteiger partial charge is 0.165 e. The first kappa shape index (κ1) is 24.2. The van der Waals surface area contributed by atoms with Crippen LogP contribution in [-0.4, -0.2) is 21.3 Å². The van der Waals surface area contributed by atoms with Crippen LogP contribution in [0.1, 0.15) is 42.3 Å². The zero-order valence-electron chi connectivity index (χ0n) is 21.2. The molecule has 0 saturated carbocycles. The van der Waals surface area contributed by atoms with E-state index in [1.807, 2.05) is 5.41 Å². The van der Waals surface area contributed by atoms with Crippen LogP contribution in [0.25, 0.3) is 27.5 Å². The van der Waals surface area contributed by atoms with Gasteiger partial charge in [0.05, 0.1) is 28.8 Å². The monoisotopic (exact) mass is 521 g/mol. The Kier molecular flexibility index (Phi) is 6.60. The molecule has 0 spiro atoms. The van der Waals surface area contributed by atoms with E-state index in [0.717, 1.165) is 29.2 Å². The Balaban J connectivity index is 1.29. The number of hydrazone groups is 1. The molecule has 2 aromatic heterocycles. The van der Waals surface area contributed by atoms with E-state index in [1.165, 1.54) is 39.5 Å². The summed E-state index contributed by atoms with van der Waals surface area (Å²) in [5.74, 6) is -0.000125. The molecule has 5 aromatic rings. The number of hydrogen-bond acceptors (Lipinski definition) is 5. The maximum atomic E-state index is 13.3. The van der Waals surface area contributed by atoms with Crippen LogP contribution in [-0.2, 0) is 6.54 Å². The van der Waals surface area contributed by atoms with E-state index in [1.54, 1.807) is 30.1 Å². The van der Waals surface area contributed by atoms with Crippen LogP contribution in [0.15, 0.2) is 95.4 Å². The van der Waals surface area contributed by atoms with Gasteiger partial charge in [-0.1, -0.05) is 74.1 Å². The van der Waals surface area contributed by atoms with Crippen molar-refractivity contribution in [3.05, 3.63) is 119 Å². The summed E-state index contributed by atoms with van der Waals surface area (Å²) in [7, 11) is 0. The maximum Gasteiger partial charge on any atom is 0.165 e. The lowest BCUT2D eigenvalue weighted by Gasteiger charge is -2.14. The Morgan fingerprint density at radius 2 is 1.79 bits per heavy atom. The molecule has 0 amide bonds. The third-order valence-corrected chi connectivity index (χ3v) is 7.54. The second kappa shape index (κ2) is 10.3. The summed E-state index contributed by atoms with van der Waals surface area (Å²) in [6, 6.07) is 27.7. The normalized spacial score (nSPS) is 15.5. The van der Waals surface area contributed by atoms with Crippen LogP contribution in [0.5, 0.6) is 0 Å². The molecule has 2 N–H and O–H groups in total. The van der Waals surface area contributed by atoms with E-state index in [-0.39, 0.29) is 17.2 Å². The fourth-order valence-corrected chi connectivity index (χ4v) is 5.68. The van der Waals surface area contributed by atoms with Crippen molar-refractivity contribution in [3.8, 4) is 0 Å². The SMILES string of the molecule is CC(C)c1nc(/C=N/NC2NC(c3ccc(F)cc3)=CS2)cc2c3ccccc3n(Cc3ccccc3)c12. The minimum absolute atomic E-state index is 0.118. The van der Waals surface area contributed by atoms with Crippen LogP contribution in [0.3, 0.4) is 0 Å². The molecule has 1 aliphatic heterocycles. The van der Waals surface area contributed by atoms with Crippen LogP contribution >= 0.6 is 11.8 Å². The molecule has 0 fully saturated rings. The van der Waals surface area contributed by atoms with Gasteiger partial charge < -0.3 is 9.88 Å². The molecule has 1 aliphatic rings. The van der Waals surface area contributed by atoms with Crippen LogP contribution in [0.2, 0.25) is 0 Å². The molecule has 6 rings (SSSR count). The van der Waals surface area contributed by atoms with Gasteiger partial charge in [0.25, 0.3) is 0 Å². The van der Waals surface area contributed by atoms with E-state index in [4.69, 9.17) is 4.98 Å². The molecule has 3 aromatic carbocycles. The quantitative estimate of drug-likeness (QED) is 0.178. The Morgan fingerprint density at radius 1 is 1.03 bits per heavy atom. The first-order chi connectivity index (χ1) is 18.6. The zero-order chi connectivity index (χ0) is 26.1. The van der Waals surface area contributed by atoms with Crippen LogP contribution < -0.4 is 10.7 Å². The number of benzene rings is 3. The van der Waals surface area contributed by atoms with Crippen molar-refractivity contribution in [2.45, 2.75) is 31.8 Å². The zero-order valence-corrected chi connectivity index (χ0v) is 22.0. The van der Waals surface area contributed by atoms with E-state index in [9.17, 15) is 4.39 Å². The largest absolute Gasteiger partial charge is 0.355 e. The minimum atomic E-state index is -0.243. The Hall–Kier alpha value is -4.10. The van der Waals surface area contributed by atoms with Crippen molar-refractivity contribution in [1.29, 1.82) is 0 Å². The number of thioether (sulfide) groups is 1. The van der Waals surface area contributed by atoms with Crippen molar-refractivity contribution in [1.82, 2.24) is 20.3 Å². The topological polar surface area (TPSA) is 54.2 Å². The highest BCUT2D eigenvalue weighted by Crippen LogP contribution is 2.34. The van der Waals surface area contributed by atoms with Gasteiger partial charge in [-0.25, -0.2) is 9.37 Å². The average Bonchev–Trinajstić information content (AvgIpc) is 3.53. The second-order valence-corrected chi connectivity index (χ2v) is 10.6. The first-order valence-electron chi connectivity index (χ1n) is 12.7. The molecule has 5 nitrogen and oxygen atoms in total. The highest BCUT2D eigenvalue weighted by atomic mass is 32.2. The molecule has 0 radical (unpaired) electrons. The summed E-state index contributed by atoms with van der Waals surface area (Å²) < 4.78 is 15.6. The van der Waals surface area contributed by atoms with Gasteiger partial charge in [0.2, 0.25) is 0 Å². The highest BCUT2D eigenvalue weighted by molar-refractivity contribution is 8.03. The summed E-state index contributed by atoms with van der Waals surface area (Å²) in [4.78, 5) is 5.05. The number of para-hydroxylation sites is 1. The van der Waals surface area contributed by atoms with Crippen molar-refractivity contribution in [3.63, 3.8) is 0 Å². The third kappa shape index (κ3) is 4.77. The number of pyridine rings is 1. The van der Waals surface area contributed by atoms with Gasteiger partial charge in [0.15, 0.2) is 5.50 Å². The lowest BCUT2D eigenvalue weighted by molar-refractivity contribution is 0.627. The summed E-state index contributed by atoms with van der Waals surface area (Å²) >= 11 is 1.59. The van der Waals surface area contributed by atoms with Crippen molar-refractivity contribution in [2.75, 3.05) is 0 Å². The Bertz CT molecular complexity index is 1660. The molecule has 38 heavy (non-hydrogen) atoms. The van der Waals surface area contributed by atoms with Gasteiger partial charge in [-0.3, -0.25) is 5.43 Å². The number of nitrogens with zero attached hydrogens (tertiary/aromatic N) is 3. The molecule has 0 aliphatic carbocycles. The summed E-state index contributed by atoms with van der Waals surface area (Å²) in [6.45, 7) is 5.16. The fraction of sp³-hybridized carbons (Fsp3) is 0.161. The average molecular weight is 522 g/mol. The van der Waals surface area contributed by atoms with Gasteiger partial charge >= 0.3 is 0 Å². The predicted molar refractivity (Wildman–Crippen MR) is 156 cm³/mol. The number of hydrogen-bond donors (Lipinski definition) is 2. The molecular formula is C31H28FN5S. The number of rotatable bonds is 7. The summed E-state index contributed by atoms with van der Waals surface area (Å²) in [5, 5.41) is 12.3. The lowest BCUT2D eigenvalue weighted by atomic mass is 10.0. The first-order valence-corrected chi connectivity index (χ1v) is 13.6. The number of halogens is 1. The van der Waals surface area contributed by atoms with Gasteiger partial charge in [0, 0.05) is 22.8 Å². The third-order valence-electron chi connectivity index (χ3n) is 6.68. The number of fused-ring (bicyclic) bond motifs is 3. The van der Waals surface area contributed by atoms with Gasteiger partial charge in [-0.05, 0) is 58.9 Å². The molecular weight excluding hydrogens is 493 g/mol. The van der Waals surface area contributed by atoms with E-state index in [2.05, 4.69) is 94.9 Å². The number of aromatic nitrogens is 2. The molecule has 7 heteroatoms. The standard InChI is InChI=1S/C31H28FN5S/c1-20(2)29-30-26(25-10-6-7-11-28(25)37(30)18-21-8-4-3-5-9-21)16-24(34-29)17-33-36-31-35-27(19-38-31)22-12-14-23(32)15-13-22/h3-17,19-20,31,35-36H,18H2,1-2H3/b33-17+. The van der Waals surface area contributed by atoms with Gasteiger partial charge in [0.1, 0.15) is 5.82 Å². The van der Waals surface area contributed by atoms with Crippen molar-refractivity contribution >= 4 is 45.5 Å². The van der Waals surface area contributed by atoms with E-state index < -0.39 is 0 Å². The molecule has 3 heterocycles. The highest BCUT2D eigenvalue weighted by Gasteiger charge is 2.19. The van der Waals surface area contributed by atoms with Crippen LogP contribution in [0, 0.1) is 5.82 Å². The van der Waals surface area contributed by atoms with Crippen molar-refractivity contribution < 1.29 is 4.39 Å². The Morgan fingerprint density at radius 3 is 2.58 bits per heavy atom.